The van der Waals surface area contributed by atoms with Crippen LogP contribution >= 0.6 is 0 Å². The Balaban J connectivity index is 1.94. The predicted molar refractivity (Wildman–Crippen MR) is 64.7 cm³/mol. The highest BCUT2D eigenvalue weighted by Crippen LogP contribution is 2.28. The van der Waals surface area contributed by atoms with Crippen LogP contribution in [0.5, 0.6) is 5.75 Å². The number of hydrogen-bond donors (Lipinski definition) is 1. The molecule has 1 heterocycles. The second-order valence-corrected chi connectivity index (χ2v) is 4.73. The Kier molecular flexibility index (Phi) is 3.99. The molecule has 1 aliphatic rings. The second kappa shape index (κ2) is 5.49. The molecule has 4 nitrogen and oxygen atoms in total. The van der Waals surface area contributed by atoms with Crippen molar-refractivity contribution >= 4 is 0 Å². The number of nitrogens with one attached hydrogen (secondary N) is 1. The Bertz CT molecular complexity index is 363. The van der Waals surface area contributed by atoms with E-state index in [4.69, 9.17) is 14.3 Å². The lowest BCUT2D eigenvalue weighted by Crippen LogP contribution is -2.44. The van der Waals surface area contributed by atoms with Gasteiger partial charge in [0.25, 0.3) is 0 Å². The highest BCUT2D eigenvalue weighted by atomic mass is 16.6. The summed E-state index contributed by atoms with van der Waals surface area (Å²) in [6, 6.07) is 7.98. The van der Waals surface area contributed by atoms with Crippen molar-refractivity contribution in [3.8, 4) is 5.75 Å². The second-order valence-electron chi connectivity index (χ2n) is 4.73. The predicted octanol–water partition coefficient (Wildman–Crippen LogP) is 1.75. The van der Waals surface area contributed by atoms with E-state index in [0.717, 1.165) is 24.5 Å². The summed E-state index contributed by atoms with van der Waals surface area (Å²) in [7, 11) is 1.61. The number of rotatable bonds is 6. The zero-order valence-corrected chi connectivity index (χ0v) is 10.4. The average molecular weight is 237 g/mol. The van der Waals surface area contributed by atoms with Gasteiger partial charge in [0.15, 0.2) is 0 Å². The summed E-state index contributed by atoms with van der Waals surface area (Å²) in [5.41, 5.74) is 4.09. The van der Waals surface area contributed by atoms with E-state index in [9.17, 15) is 0 Å². The largest absolute Gasteiger partial charge is 0.493 e. The first kappa shape index (κ1) is 12.4. The molecule has 1 aromatic rings. The molecular formula is C13H19NO3. The summed E-state index contributed by atoms with van der Waals surface area (Å²) >= 11 is 0. The summed E-state index contributed by atoms with van der Waals surface area (Å²) in [5, 5.41) is 0. The maximum Gasteiger partial charge on any atom is 0.123 e. The van der Waals surface area contributed by atoms with Gasteiger partial charge in [0.2, 0.25) is 0 Å². The van der Waals surface area contributed by atoms with E-state index in [1.54, 1.807) is 7.11 Å². The molecule has 0 atom stereocenters. The first-order valence-electron chi connectivity index (χ1n) is 5.78. The molecular weight excluding hydrogens is 218 g/mol. The van der Waals surface area contributed by atoms with Crippen molar-refractivity contribution in [2.24, 2.45) is 5.41 Å². The smallest absolute Gasteiger partial charge is 0.123 e. The Hall–Kier alpha value is -1.10. The van der Waals surface area contributed by atoms with Crippen LogP contribution in [0.4, 0.5) is 0 Å². The van der Waals surface area contributed by atoms with Crippen LogP contribution in [-0.2, 0) is 16.1 Å². The fraction of sp³-hybridized carbons (Fsp3) is 0.538. The van der Waals surface area contributed by atoms with Gasteiger partial charge < -0.3 is 14.3 Å². The molecule has 1 N–H and O–H groups in total. The van der Waals surface area contributed by atoms with E-state index in [2.05, 4.69) is 12.4 Å². The van der Waals surface area contributed by atoms with Crippen molar-refractivity contribution < 1.29 is 14.3 Å². The summed E-state index contributed by atoms with van der Waals surface area (Å²) in [5.74, 6) is 0.908. The van der Waals surface area contributed by atoms with Gasteiger partial charge in [-0.25, -0.2) is 0 Å². The molecule has 0 bridgehead atoms. The summed E-state index contributed by atoms with van der Waals surface area (Å²) < 4.78 is 11.1. The van der Waals surface area contributed by atoms with E-state index < -0.39 is 0 Å². The molecule has 4 heteroatoms. The van der Waals surface area contributed by atoms with Crippen LogP contribution in [0, 0.1) is 5.41 Å². The van der Waals surface area contributed by atoms with Gasteiger partial charge in [0, 0.05) is 17.5 Å². The molecule has 2 rings (SSSR count). The SMILES string of the molecule is CONCc1ccccc1OCC1(C)COC1. The molecule has 0 radical (unpaired) electrons. The van der Waals surface area contributed by atoms with E-state index in [-0.39, 0.29) is 5.41 Å². The Morgan fingerprint density at radius 2 is 2.12 bits per heavy atom. The maximum absolute atomic E-state index is 5.87. The standard InChI is InChI=1S/C13H19NO3/c1-13(8-16-9-13)10-17-12-6-4-3-5-11(12)7-14-15-2/h3-6,14H,7-10H2,1-2H3. The molecule has 0 spiro atoms. The number of hydrogen-bond acceptors (Lipinski definition) is 4. The van der Waals surface area contributed by atoms with Crippen LogP contribution in [-0.4, -0.2) is 26.9 Å². The third-order valence-corrected chi connectivity index (χ3v) is 2.86. The van der Waals surface area contributed by atoms with Crippen LogP contribution in [0.3, 0.4) is 0 Å². The zero-order chi connectivity index (χ0) is 12.1. The van der Waals surface area contributed by atoms with Crippen LogP contribution in [0.2, 0.25) is 0 Å². The van der Waals surface area contributed by atoms with Crippen molar-refractivity contribution in [2.75, 3.05) is 26.9 Å². The van der Waals surface area contributed by atoms with E-state index in [1.165, 1.54) is 0 Å². The molecule has 0 aliphatic carbocycles. The lowest BCUT2D eigenvalue weighted by Gasteiger charge is -2.37. The van der Waals surface area contributed by atoms with E-state index >= 15 is 0 Å². The van der Waals surface area contributed by atoms with Crippen molar-refractivity contribution in [3.05, 3.63) is 29.8 Å². The lowest BCUT2D eigenvalue weighted by molar-refractivity contribution is -0.120. The molecule has 94 valence electrons. The quantitative estimate of drug-likeness (QED) is 0.765. The Morgan fingerprint density at radius 1 is 1.35 bits per heavy atom. The molecule has 1 saturated heterocycles. The zero-order valence-electron chi connectivity index (χ0n) is 10.4. The summed E-state index contributed by atoms with van der Waals surface area (Å²) in [6.45, 7) is 5.07. The lowest BCUT2D eigenvalue weighted by atomic mass is 9.90. The molecule has 1 aliphatic heterocycles. The van der Waals surface area contributed by atoms with Crippen molar-refractivity contribution in [1.82, 2.24) is 5.48 Å². The molecule has 17 heavy (non-hydrogen) atoms. The third kappa shape index (κ3) is 3.19. The topological polar surface area (TPSA) is 39.7 Å². The average Bonchev–Trinajstić information content (AvgIpc) is 2.32. The fourth-order valence-electron chi connectivity index (χ4n) is 1.73. The normalized spacial score (nSPS) is 17.5. The fourth-order valence-corrected chi connectivity index (χ4v) is 1.73. The molecule has 0 aromatic heterocycles. The summed E-state index contributed by atoms with van der Waals surface area (Å²) in [4.78, 5) is 4.85. The van der Waals surface area contributed by atoms with Crippen LogP contribution in [0.1, 0.15) is 12.5 Å². The van der Waals surface area contributed by atoms with Gasteiger partial charge in [-0.2, -0.15) is 5.48 Å². The van der Waals surface area contributed by atoms with E-state index in [1.807, 2.05) is 24.3 Å². The van der Waals surface area contributed by atoms with Gasteiger partial charge in [-0.15, -0.1) is 0 Å². The third-order valence-electron chi connectivity index (χ3n) is 2.86. The summed E-state index contributed by atoms with van der Waals surface area (Å²) in [6.07, 6.45) is 0. The van der Waals surface area contributed by atoms with Gasteiger partial charge >= 0.3 is 0 Å². The molecule has 0 unspecified atom stereocenters. The van der Waals surface area contributed by atoms with Gasteiger partial charge in [0.1, 0.15) is 5.75 Å². The number of hydroxylamine groups is 1. The Labute approximate surface area is 102 Å². The molecule has 0 saturated carbocycles. The number of para-hydroxylation sites is 1. The van der Waals surface area contributed by atoms with Gasteiger partial charge in [-0.05, 0) is 6.07 Å². The first-order chi connectivity index (χ1) is 8.23. The molecule has 0 amide bonds. The van der Waals surface area contributed by atoms with E-state index in [0.29, 0.717) is 13.2 Å². The number of benzene rings is 1. The van der Waals surface area contributed by atoms with Crippen molar-refractivity contribution in [3.63, 3.8) is 0 Å². The number of ether oxygens (including phenoxy) is 2. The highest BCUT2D eigenvalue weighted by Gasteiger charge is 2.34. The van der Waals surface area contributed by atoms with Gasteiger partial charge in [0.05, 0.1) is 26.9 Å². The highest BCUT2D eigenvalue weighted by molar-refractivity contribution is 5.33. The monoisotopic (exact) mass is 237 g/mol. The van der Waals surface area contributed by atoms with Gasteiger partial charge in [-0.1, -0.05) is 25.1 Å². The maximum atomic E-state index is 5.87. The van der Waals surface area contributed by atoms with Crippen molar-refractivity contribution in [1.29, 1.82) is 0 Å². The first-order valence-corrected chi connectivity index (χ1v) is 5.78. The van der Waals surface area contributed by atoms with Crippen LogP contribution in [0.25, 0.3) is 0 Å². The minimum Gasteiger partial charge on any atom is -0.493 e. The van der Waals surface area contributed by atoms with Gasteiger partial charge in [-0.3, -0.25) is 0 Å². The molecule has 1 fully saturated rings. The minimum atomic E-state index is 0.168. The van der Waals surface area contributed by atoms with Crippen molar-refractivity contribution in [2.45, 2.75) is 13.5 Å². The van der Waals surface area contributed by atoms with Crippen LogP contribution in [0.15, 0.2) is 24.3 Å². The Morgan fingerprint density at radius 3 is 2.76 bits per heavy atom. The molecule has 1 aromatic carbocycles. The van der Waals surface area contributed by atoms with Crippen LogP contribution < -0.4 is 10.2 Å². The minimum absolute atomic E-state index is 0.168.